The zero-order valence-corrected chi connectivity index (χ0v) is 15.6. The van der Waals surface area contributed by atoms with Crippen LogP contribution in [0.25, 0.3) is 0 Å². The molecule has 0 N–H and O–H groups in total. The number of rotatable bonds is 6. The van der Waals surface area contributed by atoms with E-state index in [-0.39, 0.29) is 23.6 Å². The van der Waals surface area contributed by atoms with Crippen molar-refractivity contribution in [1.82, 2.24) is 14.7 Å². The molecule has 140 valence electrons. The third kappa shape index (κ3) is 3.51. The molecule has 1 fully saturated rings. The molecule has 0 unspecified atom stereocenters. The Morgan fingerprint density at radius 1 is 0.923 bits per heavy atom. The van der Waals surface area contributed by atoms with Crippen LogP contribution in [0.4, 0.5) is 0 Å². The van der Waals surface area contributed by atoms with Gasteiger partial charge in [0, 0.05) is 45.2 Å². The van der Waals surface area contributed by atoms with Crippen LogP contribution >= 0.6 is 0 Å². The van der Waals surface area contributed by atoms with E-state index in [2.05, 4.69) is 18.7 Å². The Balaban J connectivity index is 1.50. The fourth-order valence-corrected chi connectivity index (χ4v) is 3.77. The van der Waals surface area contributed by atoms with Gasteiger partial charge < -0.3 is 4.90 Å². The van der Waals surface area contributed by atoms with Crippen LogP contribution in [0.2, 0.25) is 0 Å². The lowest BCUT2D eigenvalue weighted by Gasteiger charge is -2.36. The fourth-order valence-electron chi connectivity index (χ4n) is 3.77. The molecule has 1 saturated heterocycles. The summed E-state index contributed by atoms with van der Waals surface area (Å²) in [6.45, 7) is 8.18. The predicted octanol–water partition coefficient (Wildman–Crippen LogP) is 1.86. The highest BCUT2D eigenvalue weighted by atomic mass is 16.2. The first-order valence-corrected chi connectivity index (χ1v) is 9.53. The highest BCUT2D eigenvalue weighted by Crippen LogP contribution is 2.22. The van der Waals surface area contributed by atoms with Crippen LogP contribution in [0.3, 0.4) is 0 Å². The van der Waals surface area contributed by atoms with E-state index in [1.165, 1.54) is 4.90 Å². The molecule has 0 radical (unpaired) electrons. The smallest absolute Gasteiger partial charge is 0.261 e. The van der Waals surface area contributed by atoms with Gasteiger partial charge >= 0.3 is 0 Å². The molecule has 3 amide bonds. The monoisotopic (exact) mass is 357 g/mol. The Labute approximate surface area is 154 Å². The maximum absolute atomic E-state index is 12.5. The van der Waals surface area contributed by atoms with Crippen molar-refractivity contribution in [3.63, 3.8) is 0 Å². The van der Waals surface area contributed by atoms with E-state index in [9.17, 15) is 14.4 Å². The van der Waals surface area contributed by atoms with Crippen molar-refractivity contribution in [3.05, 3.63) is 35.4 Å². The average Bonchev–Trinajstić information content (AvgIpc) is 2.92. The highest BCUT2D eigenvalue weighted by Gasteiger charge is 2.35. The number of carbonyl (C=O) groups is 3. The van der Waals surface area contributed by atoms with E-state index in [0.29, 0.717) is 24.2 Å². The Hall–Kier alpha value is -2.21. The number of piperazine rings is 1. The van der Waals surface area contributed by atoms with Crippen LogP contribution in [0.5, 0.6) is 0 Å². The van der Waals surface area contributed by atoms with E-state index in [1.807, 2.05) is 4.90 Å². The van der Waals surface area contributed by atoms with Gasteiger partial charge in [-0.05, 0) is 25.0 Å². The highest BCUT2D eigenvalue weighted by molar-refractivity contribution is 6.21. The molecular weight excluding hydrogens is 330 g/mol. The Bertz CT molecular complexity index is 656. The van der Waals surface area contributed by atoms with Crippen molar-refractivity contribution >= 4 is 17.7 Å². The molecule has 0 aromatic heterocycles. The zero-order valence-electron chi connectivity index (χ0n) is 15.6. The summed E-state index contributed by atoms with van der Waals surface area (Å²) in [5, 5.41) is 0. The first-order valence-electron chi connectivity index (χ1n) is 9.53. The summed E-state index contributed by atoms with van der Waals surface area (Å²) in [6, 6.07) is 6.98. The number of hydrogen-bond donors (Lipinski definition) is 0. The lowest BCUT2D eigenvalue weighted by molar-refractivity contribution is -0.137. The molecule has 0 bridgehead atoms. The minimum atomic E-state index is -0.201. The first kappa shape index (κ1) is 18.6. The van der Waals surface area contributed by atoms with E-state index in [1.54, 1.807) is 24.3 Å². The minimum Gasteiger partial charge on any atom is -0.340 e. The average molecular weight is 357 g/mol. The maximum Gasteiger partial charge on any atom is 0.261 e. The quantitative estimate of drug-likeness (QED) is 0.729. The van der Waals surface area contributed by atoms with Gasteiger partial charge in [0.15, 0.2) is 0 Å². The van der Waals surface area contributed by atoms with Crippen molar-refractivity contribution in [2.75, 3.05) is 39.3 Å². The van der Waals surface area contributed by atoms with E-state index in [0.717, 1.165) is 39.0 Å². The van der Waals surface area contributed by atoms with E-state index < -0.39 is 0 Å². The molecule has 26 heavy (non-hydrogen) atoms. The van der Waals surface area contributed by atoms with Crippen LogP contribution < -0.4 is 0 Å². The second kappa shape index (κ2) is 7.99. The van der Waals surface area contributed by atoms with E-state index in [4.69, 9.17) is 0 Å². The third-order valence-corrected chi connectivity index (χ3v) is 5.54. The molecular formula is C20H27N3O3. The van der Waals surface area contributed by atoms with Crippen LogP contribution in [0.1, 0.15) is 47.4 Å². The molecule has 1 aromatic rings. The molecule has 3 rings (SSSR count). The van der Waals surface area contributed by atoms with Gasteiger partial charge in [0.1, 0.15) is 0 Å². The second-order valence-electron chi connectivity index (χ2n) is 6.99. The van der Waals surface area contributed by atoms with Crippen molar-refractivity contribution in [2.24, 2.45) is 5.92 Å². The summed E-state index contributed by atoms with van der Waals surface area (Å²) in [5.74, 6) is -0.0174. The number of benzene rings is 1. The SMILES string of the molecule is CCC(CC)C(=O)N1CCN(CCN2C(=O)c3ccccc3C2=O)CC1. The summed E-state index contributed by atoms with van der Waals surface area (Å²) >= 11 is 0. The molecule has 2 heterocycles. The van der Waals surface area contributed by atoms with Gasteiger partial charge in [0.2, 0.25) is 5.91 Å². The minimum absolute atomic E-state index is 0.125. The Morgan fingerprint density at radius 3 is 1.96 bits per heavy atom. The van der Waals surface area contributed by atoms with Gasteiger partial charge in [-0.25, -0.2) is 0 Å². The molecule has 0 atom stereocenters. The predicted molar refractivity (Wildman–Crippen MR) is 98.9 cm³/mol. The maximum atomic E-state index is 12.5. The summed E-state index contributed by atoms with van der Waals surface area (Å²) in [7, 11) is 0. The second-order valence-corrected chi connectivity index (χ2v) is 6.99. The Morgan fingerprint density at radius 2 is 1.46 bits per heavy atom. The number of hydrogen-bond acceptors (Lipinski definition) is 4. The lowest BCUT2D eigenvalue weighted by Crippen LogP contribution is -2.51. The third-order valence-electron chi connectivity index (χ3n) is 5.54. The van der Waals surface area contributed by atoms with Crippen LogP contribution in [-0.2, 0) is 4.79 Å². The number of nitrogens with zero attached hydrogens (tertiary/aromatic N) is 3. The van der Waals surface area contributed by atoms with Crippen molar-refractivity contribution < 1.29 is 14.4 Å². The van der Waals surface area contributed by atoms with Crippen molar-refractivity contribution in [1.29, 1.82) is 0 Å². The molecule has 2 aliphatic rings. The van der Waals surface area contributed by atoms with Crippen LogP contribution in [0, 0.1) is 5.92 Å². The number of imide groups is 1. The molecule has 0 aliphatic carbocycles. The van der Waals surface area contributed by atoms with Gasteiger partial charge in [-0.1, -0.05) is 26.0 Å². The van der Waals surface area contributed by atoms with Crippen LogP contribution in [-0.4, -0.2) is 71.7 Å². The van der Waals surface area contributed by atoms with Crippen LogP contribution in [0.15, 0.2) is 24.3 Å². The summed E-state index contributed by atoms with van der Waals surface area (Å²) < 4.78 is 0. The molecule has 6 nitrogen and oxygen atoms in total. The van der Waals surface area contributed by atoms with Gasteiger partial charge in [0.05, 0.1) is 11.1 Å². The van der Waals surface area contributed by atoms with E-state index >= 15 is 0 Å². The fraction of sp³-hybridized carbons (Fsp3) is 0.550. The van der Waals surface area contributed by atoms with Gasteiger partial charge in [-0.3, -0.25) is 24.2 Å². The first-order chi connectivity index (χ1) is 12.6. The summed E-state index contributed by atoms with van der Waals surface area (Å²) in [4.78, 5) is 42.8. The number of carbonyl (C=O) groups excluding carboxylic acids is 3. The summed E-state index contributed by atoms with van der Waals surface area (Å²) in [6.07, 6.45) is 1.77. The molecule has 6 heteroatoms. The number of fused-ring (bicyclic) bond motifs is 1. The van der Waals surface area contributed by atoms with Gasteiger partial charge in [-0.15, -0.1) is 0 Å². The molecule has 2 aliphatic heterocycles. The normalized spacial score (nSPS) is 18.0. The molecule has 1 aromatic carbocycles. The lowest BCUT2D eigenvalue weighted by atomic mass is 10.0. The summed E-state index contributed by atoms with van der Waals surface area (Å²) in [5.41, 5.74) is 0.996. The molecule has 0 spiro atoms. The topological polar surface area (TPSA) is 60.9 Å². The largest absolute Gasteiger partial charge is 0.340 e. The van der Waals surface area contributed by atoms with Crippen molar-refractivity contribution in [3.8, 4) is 0 Å². The van der Waals surface area contributed by atoms with Gasteiger partial charge in [-0.2, -0.15) is 0 Å². The number of amides is 3. The van der Waals surface area contributed by atoms with Gasteiger partial charge in [0.25, 0.3) is 11.8 Å². The zero-order chi connectivity index (χ0) is 18.7. The molecule has 0 saturated carbocycles. The van der Waals surface area contributed by atoms with Crippen molar-refractivity contribution in [2.45, 2.75) is 26.7 Å². The Kier molecular flexibility index (Phi) is 5.71. The standard InChI is InChI=1S/C20H27N3O3/c1-3-15(4-2)18(24)22-12-9-21(10-13-22)11-14-23-19(25)16-7-5-6-8-17(16)20(23)26/h5-8,15H,3-4,9-14H2,1-2H3.